The van der Waals surface area contributed by atoms with Crippen molar-refractivity contribution in [2.45, 2.75) is 33.1 Å². The summed E-state index contributed by atoms with van der Waals surface area (Å²) < 4.78 is 1.88. The standard InChI is InChI=1S/C21H27N7O/c1-15-22-11-12-28(15)19-13-18(25-14-26-19)23-9-10-24-20(29)27-17-7-5-16(6-8-17)21(2,3)4/h5-8,11-14H,9-10H2,1-4H3,(H,23,25,26)(H2,24,27,29). The average Bonchev–Trinajstić information content (AvgIpc) is 3.11. The largest absolute Gasteiger partial charge is 0.368 e. The van der Waals surface area contributed by atoms with Crippen LogP contribution in [0.3, 0.4) is 0 Å². The summed E-state index contributed by atoms with van der Waals surface area (Å²) in [5.74, 6) is 2.27. The van der Waals surface area contributed by atoms with E-state index in [9.17, 15) is 4.79 Å². The molecule has 8 heteroatoms. The topological polar surface area (TPSA) is 96.8 Å². The first kappa shape index (κ1) is 20.3. The number of carbonyl (C=O) groups is 1. The number of rotatable bonds is 6. The number of urea groups is 1. The lowest BCUT2D eigenvalue weighted by Crippen LogP contribution is -2.32. The molecular weight excluding hydrogens is 366 g/mol. The number of benzene rings is 1. The van der Waals surface area contributed by atoms with Crippen molar-refractivity contribution in [3.8, 4) is 5.82 Å². The number of aryl methyl sites for hydroxylation is 1. The third-order valence-electron chi connectivity index (χ3n) is 4.45. The van der Waals surface area contributed by atoms with Crippen LogP contribution >= 0.6 is 0 Å². The first-order valence-corrected chi connectivity index (χ1v) is 9.54. The minimum absolute atomic E-state index is 0.0872. The van der Waals surface area contributed by atoms with Gasteiger partial charge in [-0.25, -0.2) is 19.7 Å². The van der Waals surface area contributed by atoms with Gasteiger partial charge in [-0.2, -0.15) is 0 Å². The Bertz CT molecular complexity index is 958. The molecule has 0 spiro atoms. The van der Waals surface area contributed by atoms with Crippen LogP contribution in [0, 0.1) is 6.92 Å². The van der Waals surface area contributed by atoms with Crippen molar-refractivity contribution in [3.05, 3.63) is 60.4 Å². The van der Waals surface area contributed by atoms with Crippen molar-refractivity contribution in [2.24, 2.45) is 0 Å². The van der Waals surface area contributed by atoms with E-state index in [0.717, 1.165) is 17.3 Å². The van der Waals surface area contributed by atoms with Crippen LogP contribution in [-0.4, -0.2) is 38.6 Å². The number of hydrogen-bond donors (Lipinski definition) is 3. The highest BCUT2D eigenvalue weighted by Gasteiger charge is 2.13. The Morgan fingerprint density at radius 1 is 1.07 bits per heavy atom. The molecule has 0 atom stereocenters. The molecule has 2 amide bonds. The summed E-state index contributed by atoms with van der Waals surface area (Å²) in [7, 11) is 0. The van der Waals surface area contributed by atoms with Gasteiger partial charge in [0.05, 0.1) is 0 Å². The maximum Gasteiger partial charge on any atom is 0.319 e. The molecule has 29 heavy (non-hydrogen) atoms. The van der Waals surface area contributed by atoms with E-state index in [2.05, 4.69) is 51.7 Å². The quantitative estimate of drug-likeness (QED) is 0.557. The zero-order valence-corrected chi connectivity index (χ0v) is 17.2. The molecule has 3 aromatic rings. The Morgan fingerprint density at radius 3 is 2.48 bits per heavy atom. The third kappa shape index (κ3) is 5.54. The number of hydrogen-bond acceptors (Lipinski definition) is 5. The molecule has 3 N–H and O–H groups in total. The van der Waals surface area contributed by atoms with Gasteiger partial charge in [0, 0.05) is 37.2 Å². The van der Waals surface area contributed by atoms with Crippen molar-refractivity contribution < 1.29 is 4.79 Å². The van der Waals surface area contributed by atoms with Gasteiger partial charge in [0.25, 0.3) is 0 Å². The maximum absolute atomic E-state index is 12.1. The van der Waals surface area contributed by atoms with E-state index >= 15 is 0 Å². The van der Waals surface area contributed by atoms with Crippen LogP contribution in [-0.2, 0) is 5.41 Å². The van der Waals surface area contributed by atoms with Crippen LogP contribution < -0.4 is 16.0 Å². The van der Waals surface area contributed by atoms with Crippen molar-refractivity contribution >= 4 is 17.5 Å². The van der Waals surface area contributed by atoms with Crippen molar-refractivity contribution in [1.29, 1.82) is 0 Å². The van der Waals surface area contributed by atoms with E-state index in [0.29, 0.717) is 18.9 Å². The predicted octanol–water partition coefficient (Wildman–Crippen LogP) is 3.50. The van der Waals surface area contributed by atoms with Gasteiger partial charge in [0.2, 0.25) is 0 Å². The van der Waals surface area contributed by atoms with E-state index < -0.39 is 0 Å². The molecular formula is C21H27N7O. The minimum atomic E-state index is -0.243. The third-order valence-corrected chi connectivity index (χ3v) is 4.45. The second-order valence-corrected chi connectivity index (χ2v) is 7.74. The van der Waals surface area contributed by atoms with Crippen LogP contribution in [0.1, 0.15) is 32.2 Å². The van der Waals surface area contributed by atoms with Gasteiger partial charge >= 0.3 is 6.03 Å². The van der Waals surface area contributed by atoms with Crippen molar-refractivity contribution in [3.63, 3.8) is 0 Å². The molecule has 152 valence electrons. The Morgan fingerprint density at radius 2 is 1.83 bits per heavy atom. The molecule has 0 fully saturated rings. The lowest BCUT2D eigenvalue weighted by molar-refractivity contribution is 0.252. The van der Waals surface area contributed by atoms with E-state index in [1.807, 2.05) is 48.0 Å². The summed E-state index contributed by atoms with van der Waals surface area (Å²) in [6.45, 7) is 9.38. The van der Waals surface area contributed by atoms with Crippen LogP contribution in [0.25, 0.3) is 5.82 Å². The number of nitrogens with zero attached hydrogens (tertiary/aromatic N) is 4. The minimum Gasteiger partial charge on any atom is -0.368 e. The monoisotopic (exact) mass is 393 g/mol. The summed E-state index contributed by atoms with van der Waals surface area (Å²) in [5, 5.41) is 8.85. The summed E-state index contributed by atoms with van der Waals surface area (Å²) >= 11 is 0. The van der Waals surface area contributed by atoms with Crippen LogP contribution in [0.2, 0.25) is 0 Å². The molecule has 0 radical (unpaired) electrons. The van der Waals surface area contributed by atoms with Gasteiger partial charge in [-0.15, -0.1) is 0 Å². The van der Waals surface area contributed by atoms with Gasteiger partial charge in [0.1, 0.15) is 23.8 Å². The van der Waals surface area contributed by atoms with Gasteiger partial charge in [-0.3, -0.25) is 4.57 Å². The zero-order valence-electron chi connectivity index (χ0n) is 17.2. The number of carbonyl (C=O) groups excluding carboxylic acids is 1. The SMILES string of the molecule is Cc1nccn1-c1cc(NCCNC(=O)Nc2ccc(C(C)(C)C)cc2)ncn1. The fraction of sp³-hybridized carbons (Fsp3) is 0.333. The molecule has 0 bridgehead atoms. The van der Waals surface area contributed by atoms with Crippen LogP contribution in [0.4, 0.5) is 16.3 Å². The highest BCUT2D eigenvalue weighted by molar-refractivity contribution is 5.89. The van der Waals surface area contributed by atoms with E-state index in [1.54, 1.807) is 6.20 Å². The maximum atomic E-state index is 12.1. The summed E-state index contributed by atoms with van der Waals surface area (Å²) in [6, 6.07) is 9.49. The predicted molar refractivity (Wildman–Crippen MR) is 115 cm³/mol. The second kappa shape index (κ2) is 8.72. The summed E-state index contributed by atoms with van der Waals surface area (Å²) in [5.41, 5.74) is 2.08. The Hall–Kier alpha value is -3.42. The normalized spacial score (nSPS) is 11.2. The molecule has 3 rings (SSSR count). The van der Waals surface area contributed by atoms with Gasteiger partial charge in [0.15, 0.2) is 0 Å². The first-order valence-electron chi connectivity index (χ1n) is 9.54. The van der Waals surface area contributed by atoms with E-state index in [4.69, 9.17) is 0 Å². The molecule has 0 unspecified atom stereocenters. The highest BCUT2D eigenvalue weighted by atomic mass is 16.2. The summed E-state index contributed by atoms with van der Waals surface area (Å²) in [4.78, 5) is 24.7. The van der Waals surface area contributed by atoms with Gasteiger partial charge in [-0.1, -0.05) is 32.9 Å². The molecule has 0 saturated carbocycles. The smallest absolute Gasteiger partial charge is 0.319 e. The van der Waals surface area contributed by atoms with Crippen LogP contribution in [0.15, 0.2) is 49.1 Å². The molecule has 2 aromatic heterocycles. The van der Waals surface area contributed by atoms with Crippen LogP contribution in [0.5, 0.6) is 0 Å². The van der Waals surface area contributed by atoms with Gasteiger partial charge in [-0.05, 0) is 30.0 Å². The summed E-state index contributed by atoms with van der Waals surface area (Å²) in [6.07, 6.45) is 5.07. The lowest BCUT2D eigenvalue weighted by Gasteiger charge is -2.19. The van der Waals surface area contributed by atoms with Crippen molar-refractivity contribution in [1.82, 2.24) is 24.8 Å². The molecule has 1 aromatic carbocycles. The van der Waals surface area contributed by atoms with E-state index in [1.165, 1.54) is 11.9 Å². The average molecular weight is 393 g/mol. The number of nitrogens with one attached hydrogen (secondary N) is 3. The van der Waals surface area contributed by atoms with E-state index in [-0.39, 0.29) is 11.4 Å². The lowest BCUT2D eigenvalue weighted by atomic mass is 9.87. The Balaban J connectivity index is 1.45. The van der Waals surface area contributed by atoms with Crippen molar-refractivity contribution in [2.75, 3.05) is 23.7 Å². The molecule has 0 aliphatic heterocycles. The Labute approximate surface area is 170 Å². The zero-order chi connectivity index (χ0) is 20.9. The number of amides is 2. The Kier molecular flexibility index (Phi) is 6.11. The van der Waals surface area contributed by atoms with Gasteiger partial charge < -0.3 is 16.0 Å². The molecule has 0 saturated heterocycles. The first-order chi connectivity index (χ1) is 13.8. The molecule has 0 aliphatic carbocycles. The number of imidazole rings is 1. The second-order valence-electron chi connectivity index (χ2n) is 7.74. The fourth-order valence-corrected chi connectivity index (χ4v) is 2.79. The molecule has 2 heterocycles. The highest BCUT2D eigenvalue weighted by Crippen LogP contribution is 2.23. The fourth-order valence-electron chi connectivity index (χ4n) is 2.79. The molecule has 0 aliphatic rings. The number of anilines is 2. The number of aromatic nitrogens is 4. The molecule has 8 nitrogen and oxygen atoms in total.